The van der Waals surface area contributed by atoms with E-state index in [4.69, 9.17) is 0 Å². The molecule has 0 heterocycles. The van der Waals surface area contributed by atoms with Gasteiger partial charge in [-0.25, -0.2) is 0 Å². The molecule has 0 aliphatic rings. The van der Waals surface area contributed by atoms with E-state index in [1.807, 2.05) is 11.4 Å². The number of hydrogen-bond donors (Lipinski definition) is 0. The predicted octanol–water partition coefficient (Wildman–Crippen LogP) is 3.09. The Hall–Kier alpha value is 0.780. The number of rotatable bonds is 4. The first kappa shape index (κ1) is 8.78. The normalized spacial score (nSPS) is 13.9. The van der Waals surface area contributed by atoms with Crippen LogP contribution in [0.2, 0.25) is 0 Å². The lowest BCUT2D eigenvalue weighted by Gasteiger charge is -2.07. The van der Waals surface area contributed by atoms with Crippen LogP contribution in [0.1, 0.15) is 33.1 Å². The maximum Gasteiger partial charge on any atom is 0.00807 e. The molecule has 8 heavy (non-hydrogen) atoms. The molecule has 0 aliphatic heterocycles. The van der Waals surface area contributed by atoms with E-state index in [0.717, 1.165) is 5.25 Å². The molecule has 0 aromatic carbocycles. The summed E-state index contributed by atoms with van der Waals surface area (Å²) in [6.45, 7) is 4.49. The van der Waals surface area contributed by atoms with E-state index >= 15 is 0 Å². The highest BCUT2D eigenvalue weighted by molar-refractivity contribution is 8.44. The molecule has 0 aliphatic carbocycles. The third kappa shape index (κ3) is 3.74. The van der Waals surface area contributed by atoms with Crippen LogP contribution in [0.5, 0.6) is 0 Å². The molecule has 0 bridgehead atoms. The van der Waals surface area contributed by atoms with Gasteiger partial charge < -0.3 is 0 Å². The van der Waals surface area contributed by atoms with Crippen LogP contribution in [-0.4, -0.2) is 5.25 Å². The molecule has 0 aromatic rings. The van der Waals surface area contributed by atoms with Crippen molar-refractivity contribution in [2.45, 2.75) is 38.4 Å². The Labute approximate surface area is 58.8 Å². The van der Waals surface area contributed by atoms with Gasteiger partial charge in [0.05, 0.1) is 0 Å². The lowest BCUT2D eigenvalue weighted by Crippen LogP contribution is -1.95. The average molecular weight is 150 g/mol. The van der Waals surface area contributed by atoms with Gasteiger partial charge in [0, 0.05) is 5.25 Å². The second-order valence-corrected chi connectivity index (χ2v) is 3.71. The third-order valence-corrected chi connectivity index (χ3v) is 3.37. The maximum absolute atomic E-state index is 2.73. The second kappa shape index (κ2) is 5.91. The van der Waals surface area contributed by atoms with Crippen molar-refractivity contribution >= 4 is 19.8 Å². The van der Waals surface area contributed by atoms with Crippen LogP contribution in [0.15, 0.2) is 0 Å². The fraction of sp³-hybridized carbons (Fsp3) is 1.00. The SMILES string of the molecule is CCCC(CC)SP. The van der Waals surface area contributed by atoms with Gasteiger partial charge in [-0.15, -0.1) is 11.4 Å². The van der Waals surface area contributed by atoms with Crippen molar-refractivity contribution in [3.8, 4) is 0 Å². The van der Waals surface area contributed by atoms with Gasteiger partial charge in [-0.1, -0.05) is 28.7 Å². The minimum Gasteiger partial charge on any atom is -0.138 e. The first-order valence-electron chi connectivity index (χ1n) is 3.20. The molecule has 0 amide bonds. The Kier molecular flexibility index (Phi) is 6.48. The summed E-state index contributed by atoms with van der Waals surface area (Å²) < 4.78 is 0. The maximum atomic E-state index is 2.73. The molecule has 0 radical (unpaired) electrons. The molecule has 0 fully saturated rings. The molecule has 2 unspecified atom stereocenters. The van der Waals surface area contributed by atoms with E-state index in [9.17, 15) is 0 Å². The van der Waals surface area contributed by atoms with E-state index in [-0.39, 0.29) is 0 Å². The van der Waals surface area contributed by atoms with E-state index in [0.29, 0.717) is 0 Å². The Morgan fingerprint density at radius 1 is 1.50 bits per heavy atom. The van der Waals surface area contributed by atoms with Gasteiger partial charge in [0.25, 0.3) is 0 Å². The highest BCUT2D eigenvalue weighted by Gasteiger charge is 1.99. The summed E-state index contributed by atoms with van der Waals surface area (Å²) in [5, 5.41) is 0.880. The molecular formula is C6H15PS. The number of hydrogen-bond acceptors (Lipinski definition) is 1. The fourth-order valence-electron chi connectivity index (χ4n) is 0.690. The molecule has 0 nitrogen and oxygen atoms in total. The van der Waals surface area contributed by atoms with Crippen LogP contribution in [0.4, 0.5) is 0 Å². The molecule has 0 spiro atoms. The van der Waals surface area contributed by atoms with Gasteiger partial charge >= 0.3 is 0 Å². The first-order chi connectivity index (χ1) is 3.85. The van der Waals surface area contributed by atoms with Crippen LogP contribution in [0.25, 0.3) is 0 Å². The van der Waals surface area contributed by atoms with E-state index in [1.165, 1.54) is 19.3 Å². The summed E-state index contributed by atoms with van der Waals surface area (Å²) in [6, 6.07) is 0. The Morgan fingerprint density at radius 3 is 2.25 bits per heavy atom. The summed E-state index contributed by atoms with van der Waals surface area (Å²) in [7, 11) is 2.73. The largest absolute Gasteiger partial charge is 0.138 e. The summed E-state index contributed by atoms with van der Waals surface area (Å²) in [6.07, 6.45) is 3.99. The highest BCUT2D eigenvalue weighted by atomic mass is 32.7. The summed E-state index contributed by atoms with van der Waals surface area (Å²) in [4.78, 5) is 0. The second-order valence-electron chi connectivity index (χ2n) is 1.96. The van der Waals surface area contributed by atoms with Crippen LogP contribution < -0.4 is 0 Å². The minimum atomic E-state index is 0.880. The van der Waals surface area contributed by atoms with Crippen molar-refractivity contribution in [3.63, 3.8) is 0 Å². The topological polar surface area (TPSA) is 0 Å². The van der Waals surface area contributed by atoms with Gasteiger partial charge in [0.15, 0.2) is 0 Å². The predicted molar refractivity (Wildman–Crippen MR) is 46.3 cm³/mol. The van der Waals surface area contributed by atoms with Gasteiger partial charge in [-0.3, -0.25) is 0 Å². The summed E-state index contributed by atoms with van der Waals surface area (Å²) >= 11 is 1.91. The quantitative estimate of drug-likeness (QED) is 0.555. The third-order valence-electron chi connectivity index (χ3n) is 1.26. The molecule has 50 valence electrons. The molecule has 0 aromatic heterocycles. The molecule has 0 saturated heterocycles. The lowest BCUT2D eigenvalue weighted by molar-refractivity contribution is 0.723. The van der Waals surface area contributed by atoms with E-state index < -0.39 is 0 Å². The van der Waals surface area contributed by atoms with Gasteiger partial charge in [-0.05, 0) is 12.8 Å². The Bertz CT molecular complexity index is 43.8. The van der Waals surface area contributed by atoms with Crippen LogP contribution >= 0.6 is 19.8 Å². The lowest BCUT2D eigenvalue weighted by atomic mass is 10.2. The van der Waals surface area contributed by atoms with Crippen molar-refractivity contribution in [1.82, 2.24) is 0 Å². The zero-order valence-electron chi connectivity index (χ0n) is 5.68. The zero-order chi connectivity index (χ0) is 6.41. The summed E-state index contributed by atoms with van der Waals surface area (Å²) in [5.74, 6) is 0. The molecule has 2 heteroatoms. The van der Waals surface area contributed by atoms with E-state index in [2.05, 4.69) is 22.3 Å². The first-order valence-corrected chi connectivity index (χ1v) is 5.56. The van der Waals surface area contributed by atoms with Crippen molar-refractivity contribution in [2.24, 2.45) is 0 Å². The molecular weight excluding hydrogens is 135 g/mol. The van der Waals surface area contributed by atoms with Gasteiger partial charge in [0.2, 0.25) is 0 Å². The molecule has 0 N–H and O–H groups in total. The van der Waals surface area contributed by atoms with Gasteiger partial charge in [-0.2, -0.15) is 0 Å². The minimum absolute atomic E-state index is 0.880. The van der Waals surface area contributed by atoms with Crippen LogP contribution in [-0.2, 0) is 0 Å². The summed E-state index contributed by atoms with van der Waals surface area (Å²) in [5.41, 5.74) is 0. The fourth-order valence-corrected chi connectivity index (χ4v) is 2.24. The van der Waals surface area contributed by atoms with Crippen LogP contribution in [0.3, 0.4) is 0 Å². The van der Waals surface area contributed by atoms with Crippen molar-refractivity contribution in [2.75, 3.05) is 0 Å². The van der Waals surface area contributed by atoms with Crippen molar-refractivity contribution in [3.05, 3.63) is 0 Å². The van der Waals surface area contributed by atoms with Crippen molar-refractivity contribution < 1.29 is 0 Å². The highest BCUT2D eigenvalue weighted by Crippen LogP contribution is 2.24. The molecule has 2 atom stereocenters. The Balaban J connectivity index is 3.07. The molecule has 0 saturated carbocycles. The van der Waals surface area contributed by atoms with Crippen LogP contribution in [0, 0.1) is 0 Å². The smallest absolute Gasteiger partial charge is 0.00807 e. The zero-order valence-corrected chi connectivity index (χ0v) is 7.66. The standard InChI is InChI=1S/C6H15PS/c1-3-5-6(4-2)8-7/h6H,3-5,7H2,1-2H3. The van der Waals surface area contributed by atoms with Gasteiger partial charge in [0.1, 0.15) is 0 Å². The van der Waals surface area contributed by atoms with Crippen molar-refractivity contribution in [1.29, 1.82) is 0 Å². The van der Waals surface area contributed by atoms with E-state index in [1.54, 1.807) is 0 Å². The molecule has 0 rings (SSSR count). The monoisotopic (exact) mass is 150 g/mol. The Morgan fingerprint density at radius 2 is 2.12 bits per heavy atom. The average Bonchev–Trinajstić information content (AvgIpc) is 1.83.